The SMILES string of the molecule is COc1ccc(-c2c(C(=O)O)[nH]c(-c3cc(F)cc4[nH]ccc34)c2C(C)C)c(F)c1. The maximum atomic E-state index is 14.9. The maximum absolute atomic E-state index is 14.9. The number of carboxylic acid groups (broad SMARTS) is 1. The number of halogens is 2. The second kappa shape index (κ2) is 7.33. The molecule has 0 bridgehead atoms. The average molecular weight is 410 g/mol. The van der Waals surface area contributed by atoms with Crippen molar-refractivity contribution in [3.05, 3.63) is 65.5 Å². The first-order valence-corrected chi connectivity index (χ1v) is 9.41. The number of hydrogen-bond acceptors (Lipinski definition) is 2. The topological polar surface area (TPSA) is 78.1 Å². The van der Waals surface area contributed by atoms with E-state index < -0.39 is 17.6 Å². The van der Waals surface area contributed by atoms with Gasteiger partial charge in [-0.25, -0.2) is 13.6 Å². The van der Waals surface area contributed by atoms with Gasteiger partial charge >= 0.3 is 5.97 Å². The molecule has 0 aliphatic heterocycles. The molecule has 0 fully saturated rings. The summed E-state index contributed by atoms with van der Waals surface area (Å²) in [7, 11) is 1.43. The Kier molecular flexibility index (Phi) is 4.81. The van der Waals surface area contributed by atoms with E-state index in [1.165, 1.54) is 31.4 Å². The fourth-order valence-electron chi connectivity index (χ4n) is 3.91. The molecule has 0 saturated carbocycles. The Morgan fingerprint density at radius 2 is 1.87 bits per heavy atom. The number of fused-ring (bicyclic) bond motifs is 1. The molecule has 2 aromatic heterocycles. The molecule has 0 amide bonds. The normalized spacial score (nSPS) is 11.4. The van der Waals surface area contributed by atoms with Crippen molar-refractivity contribution in [2.45, 2.75) is 19.8 Å². The van der Waals surface area contributed by atoms with E-state index in [9.17, 15) is 18.7 Å². The van der Waals surface area contributed by atoms with Gasteiger partial charge in [-0.3, -0.25) is 0 Å². The zero-order valence-electron chi connectivity index (χ0n) is 16.6. The molecule has 3 N–H and O–H groups in total. The van der Waals surface area contributed by atoms with Gasteiger partial charge < -0.3 is 19.8 Å². The van der Waals surface area contributed by atoms with E-state index in [-0.39, 0.29) is 22.7 Å². The van der Waals surface area contributed by atoms with Crippen LogP contribution in [0.1, 0.15) is 35.8 Å². The van der Waals surface area contributed by atoms with Crippen LogP contribution < -0.4 is 4.74 Å². The van der Waals surface area contributed by atoms with Crippen LogP contribution in [0.25, 0.3) is 33.3 Å². The number of carboxylic acids is 1. The number of aromatic nitrogens is 2. The van der Waals surface area contributed by atoms with Crippen LogP contribution in [0.2, 0.25) is 0 Å². The molecule has 0 aliphatic carbocycles. The number of H-pyrrole nitrogens is 2. The molecule has 2 heterocycles. The molecular weight excluding hydrogens is 390 g/mol. The maximum Gasteiger partial charge on any atom is 0.352 e. The third-order valence-electron chi connectivity index (χ3n) is 5.18. The van der Waals surface area contributed by atoms with Crippen LogP contribution in [0.5, 0.6) is 5.75 Å². The summed E-state index contributed by atoms with van der Waals surface area (Å²) < 4.78 is 34.3. The Labute approximate surface area is 171 Å². The van der Waals surface area contributed by atoms with Gasteiger partial charge in [0.1, 0.15) is 23.1 Å². The number of rotatable bonds is 5. The molecule has 5 nitrogen and oxygen atoms in total. The second-order valence-electron chi connectivity index (χ2n) is 7.36. The molecule has 154 valence electrons. The van der Waals surface area contributed by atoms with Gasteiger partial charge in [0.2, 0.25) is 0 Å². The van der Waals surface area contributed by atoms with Gasteiger partial charge in [-0.1, -0.05) is 13.8 Å². The third-order valence-corrected chi connectivity index (χ3v) is 5.18. The van der Waals surface area contributed by atoms with E-state index in [2.05, 4.69) is 9.97 Å². The fourth-order valence-corrected chi connectivity index (χ4v) is 3.91. The Bertz CT molecular complexity index is 1270. The monoisotopic (exact) mass is 410 g/mol. The van der Waals surface area contributed by atoms with Crippen molar-refractivity contribution in [3.8, 4) is 28.1 Å². The first-order valence-electron chi connectivity index (χ1n) is 9.41. The van der Waals surface area contributed by atoms with Gasteiger partial charge in [0.15, 0.2) is 0 Å². The highest BCUT2D eigenvalue weighted by atomic mass is 19.1. The van der Waals surface area contributed by atoms with Crippen LogP contribution in [-0.4, -0.2) is 28.2 Å². The largest absolute Gasteiger partial charge is 0.497 e. The van der Waals surface area contributed by atoms with Crippen molar-refractivity contribution in [1.29, 1.82) is 0 Å². The molecular formula is C23H20F2N2O3. The van der Waals surface area contributed by atoms with Crippen LogP contribution in [0.4, 0.5) is 8.78 Å². The zero-order valence-corrected chi connectivity index (χ0v) is 16.6. The molecule has 4 rings (SSSR count). The van der Waals surface area contributed by atoms with E-state index in [1.54, 1.807) is 18.3 Å². The second-order valence-corrected chi connectivity index (χ2v) is 7.36. The zero-order chi connectivity index (χ0) is 21.6. The summed E-state index contributed by atoms with van der Waals surface area (Å²) in [5.41, 5.74) is 2.40. The number of methoxy groups -OCH3 is 1. The predicted octanol–water partition coefficient (Wildman–Crippen LogP) is 5.94. The molecule has 0 radical (unpaired) electrons. The lowest BCUT2D eigenvalue weighted by atomic mass is 9.90. The highest BCUT2D eigenvalue weighted by molar-refractivity contribution is 6.02. The quantitative estimate of drug-likeness (QED) is 0.381. The smallest absolute Gasteiger partial charge is 0.352 e. The summed E-state index contributed by atoms with van der Waals surface area (Å²) in [4.78, 5) is 18.0. The number of aromatic carboxylic acids is 1. The fraction of sp³-hybridized carbons (Fsp3) is 0.174. The van der Waals surface area contributed by atoms with Gasteiger partial charge in [0.25, 0.3) is 0 Å². The summed E-state index contributed by atoms with van der Waals surface area (Å²) in [6.07, 6.45) is 1.69. The molecule has 0 unspecified atom stereocenters. The van der Waals surface area contributed by atoms with Gasteiger partial charge in [0.05, 0.1) is 12.8 Å². The summed E-state index contributed by atoms with van der Waals surface area (Å²) in [5.74, 6) is -2.13. The molecule has 0 saturated heterocycles. The number of benzene rings is 2. The highest BCUT2D eigenvalue weighted by Crippen LogP contribution is 2.43. The number of aromatic amines is 2. The summed E-state index contributed by atoms with van der Waals surface area (Å²) in [6, 6.07) is 8.81. The lowest BCUT2D eigenvalue weighted by molar-refractivity contribution is 0.0692. The molecule has 2 aromatic carbocycles. The van der Waals surface area contributed by atoms with Gasteiger partial charge in [-0.2, -0.15) is 0 Å². The minimum absolute atomic E-state index is 0.140. The van der Waals surface area contributed by atoms with Crippen molar-refractivity contribution in [1.82, 2.24) is 9.97 Å². The van der Waals surface area contributed by atoms with Crippen molar-refractivity contribution in [3.63, 3.8) is 0 Å². The van der Waals surface area contributed by atoms with E-state index >= 15 is 0 Å². The van der Waals surface area contributed by atoms with Crippen molar-refractivity contribution in [2.75, 3.05) is 7.11 Å². The van der Waals surface area contributed by atoms with Crippen LogP contribution in [-0.2, 0) is 0 Å². The highest BCUT2D eigenvalue weighted by Gasteiger charge is 2.28. The number of hydrogen-bond donors (Lipinski definition) is 3. The Morgan fingerprint density at radius 3 is 2.50 bits per heavy atom. The van der Waals surface area contributed by atoms with Crippen LogP contribution in [0.3, 0.4) is 0 Å². The van der Waals surface area contributed by atoms with E-state index in [0.717, 1.165) is 5.39 Å². The van der Waals surface area contributed by atoms with Crippen LogP contribution in [0.15, 0.2) is 42.6 Å². The molecule has 0 spiro atoms. The minimum atomic E-state index is -1.23. The molecule has 0 atom stereocenters. The summed E-state index contributed by atoms with van der Waals surface area (Å²) >= 11 is 0. The predicted molar refractivity (Wildman–Crippen MR) is 111 cm³/mol. The van der Waals surface area contributed by atoms with Crippen LogP contribution >= 0.6 is 0 Å². The van der Waals surface area contributed by atoms with Gasteiger partial charge in [0, 0.05) is 39.9 Å². The average Bonchev–Trinajstić information content (AvgIpc) is 3.31. The number of ether oxygens (including phenoxy) is 1. The van der Waals surface area contributed by atoms with E-state index in [0.29, 0.717) is 28.1 Å². The van der Waals surface area contributed by atoms with Crippen molar-refractivity contribution < 1.29 is 23.4 Å². The molecule has 0 aliphatic rings. The Hall–Kier alpha value is -3.61. The minimum Gasteiger partial charge on any atom is -0.497 e. The lowest BCUT2D eigenvalue weighted by Crippen LogP contribution is -2.01. The molecule has 30 heavy (non-hydrogen) atoms. The Morgan fingerprint density at radius 1 is 1.10 bits per heavy atom. The van der Waals surface area contributed by atoms with Gasteiger partial charge in [-0.15, -0.1) is 0 Å². The standard InChI is InChI=1S/C23H20F2N2O3/c1-11(2)19-20(15-5-4-13(30-3)10-17(15)25)22(23(28)29)27-21(19)16-8-12(24)9-18-14(16)6-7-26-18/h4-11,26-27H,1-3H3,(H,28,29). The molecule has 4 aromatic rings. The number of nitrogens with one attached hydrogen (secondary N) is 2. The lowest BCUT2D eigenvalue weighted by Gasteiger charge is -2.14. The first kappa shape index (κ1) is 19.7. The summed E-state index contributed by atoms with van der Waals surface area (Å²) in [5, 5.41) is 10.6. The van der Waals surface area contributed by atoms with Gasteiger partial charge in [-0.05, 0) is 41.8 Å². The van der Waals surface area contributed by atoms with Crippen LogP contribution in [0, 0.1) is 11.6 Å². The number of carbonyl (C=O) groups is 1. The molecule has 7 heteroatoms. The summed E-state index contributed by atoms with van der Waals surface area (Å²) in [6.45, 7) is 3.77. The van der Waals surface area contributed by atoms with Crippen molar-refractivity contribution in [2.24, 2.45) is 0 Å². The third kappa shape index (κ3) is 3.12. The Balaban J connectivity index is 2.08. The van der Waals surface area contributed by atoms with E-state index in [4.69, 9.17) is 4.74 Å². The van der Waals surface area contributed by atoms with Crippen molar-refractivity contribution >= 4 is 16.9 Å². The first-order chi connectivity index (χ1) is 14.3. The van der Waals surface area contributed by atoms with E-state index in [1.807, 2.05) is 13.8 Å².